The molecule has 0 saturated carbocycles. The molecule has 4 atom stereocenters. The number of carbonyl (C=O) groups is 6. The van der Waals surface area contributed by atoms with Gasteiger partial charge in [-0.15, -0.1) is 0 Å². The highest BCUT2D eigenvalue weighted by molar-refractivity contribution is 5.98. The van der Waals surface area contributed by atoms with Crippen molar-refractivity contribution < 1.29 is 42.8 Å². The molecule has 1 aromatic heterocycles. The summed E-state index contributed by atoms with van der Waals surface area (Å²) in [5.41, 5.74) is 0.126. The molecule has 50 heavy (non-hydrogen) atoms. The predicted molar refractivity (Wildman–Crippen MR) is 181 cm³/mol. The third-order valence-electron chi connectivity index (χ3n) is 7.81. The van der Waals surface area contributed by atoms with Crippen LogP contribution in [0.2, 0.25) is 0 Å². The highest BCUT2D eigenvalue weighted by atomic mass is 16.6. The van der Waals surface area contributed by atoms with E-state index in [9.17, 15) is 28.8 Å². The average Bonchev–Trinajstić information content (AvgIpc) is 3.65. The Morgan fingerprint density at radius 1 is 0.880 bits per heavy atom. The Balaban J connectivity index is 1.63. The lowest BCUT2D eigenvalue weighted by Crippen LogP contribution is -2.58. The van der Waals surface area contributed by atoms with E-state index in [0.717, 1.165) is 5.56 Å². The van der Waals surface area contributed by atoms with Crippen LogP contribution in [0.15, 0.2) is 40.9 Å². The van der Waals surface area contributed by atoms with Crippen molar-refractivity contribution in [2.45, 2.75) is 90.6 Å². The van der Waals surface area contributed by atoms with Crippen LogP contribution in [0.1, 0.15) is 64.5 Å². The molecule has 4 N–H and O–H groups in total. The van der Waals surface area contributed by atoms with E-state index < -0.39 is 60.0 Å². The first kappa shape index (κ1) is 39.6. The number of ketones is 1. The van der Waals surface area contributed by atoms with E-state index in [1.165, 1.54) is 25.1 Å². The largest absolute Gasteiger partial charge is 0.441 e. The van der Waals surface area contributed by atoms with Gasteiger partial charge in [-0.3, -0.25) is 24.0 Å². The number of epoxide rings is 1. The van der Waals surface area contributed by atoms with Crippen molar-refractivity contribution in [3.05, 3.63) is 53.4 Å². The van der Waals surface area contributed by atoms with Crippen molar-refractivity contribution >= 4 is 35.5 Å². The number of carbonyl (C=O) groups excluding carboxylic acids is 6. The van der Waals surface area contributed by atoms with E-state index in [-0.39, 0.29) is 61.5 Å². The molecule has 1 fully saturated rings. The third-order valence-corrected chi connectivity index (χ3v) is 7.81. The van der Waals surface area contributed by atoms with Crippen LogP contribution in [0.25, 0.3) is 0 Å². The fourth-order valence-electron chi connectivity index (χ4n) is 5.05. The van der Waals surface area contributed by atoms with Crippen LogP contribution in [-0.4, -0.2) is 96.5 Å². The van der Waals surface area contributed by atoms with Gasteiger partial charge in [0.25, 0.3) is 0 Å². The maximum atomic E-state index is 13.7. The summed E-state index contributed by atoms with van der Waals surface area (Å²) in [7, 11) is 3.07. The van der Waals surface area contributed by atoms with E-state index >= 15 is 0 Å². The van der Waals surface area contributed by atoms with Crippen molar-refractivity contribution in [3.8, 4) is 0 Å². The first-order valence-corrected chi connectivity index (χ1v) is 16.7. The normalized spacial score (nSPS) is 16.9. The quantitative estimate of drug-likeness (QED) is 0.156. The van der Waals surface area contributed by atoms with Gasteiger partial charge in [-0.2, -0.15) is 0 Å². The summed E-state index contributed by atoms with van der Waals surface area (Å²) in [5.74, 6) is -2.11. The molecule has 15 heteroatoms. The Bertz CT molecular complexity index is 1490. The molecule has 0 spiro atoms. The van der Waals surface area contributed by atoms with Crippen LogP contribution in [0, 0.1) is 11.8 Å². The minimum atomic E-state index is -1.05. The fraction of sp³-hybridized carbons (Fsp3) is 0.571. The second-order valence-corrected chi connectivity index (χ2v) is 13.8. The van der Waals surface area contributed by atoms with Gasteiger partial charge in [0.2, 0.25) is 23.6 Å². The third kappa shape index (κ3) is 12.9. The van der Waals surface area contributed by atoms with Crippen LogP contribution in [0.5, 0.6) is 0 Å². The number of nitrogens with one attached hydrogen (secondary N) is 4. The molecule has 1 aromatic carbocycles. The second kappa shape index (κ2) is 18.3. The van der Waals surface area contributed by atoms with Crippen LogP contribution in [0.4, 0.5) is 4.79 Å². The zero-order valence-electron chi connectivity index (χ0n) is 29.9. The number of benzene rings is 1. The molecule has 1 aliphatic heterocycles. The molecule has 4 unspecified atom stereocenters. The summed E-state index contributed by atoms with van der Waals surface area (Å²) in [5, 5.41) is 14.6. The standard InChI is InChI=1S/C35H50N6O9/c1-21(2)13-26(31(44)35(5)20-49-35)38-33(46)28(15-23-11-9-8-10-12-23)39-32(45)27(14-22(3)4)37-30(43)18-36-29(42)17-24-16-25(50-40-24)19-48-34(47)41(6)7/h8-12,16,21-22,26-28H,13-15,17-20H2,1-7H3,(H,36,42)(H,37,43)(H,38,46)(H,39,45). The van der Waals surface area contributed by atoms with E-state index in [2.05, 4.69) is 26.4 Å². The zero-order valence-corrected chi connectivity index (χ0v) is 29.9. The molecule has 3 rings (SSSR count). The number of nitrogens with zero attached hydrogens (tertiary/aromatic N) is 2. The number of Topliss-reactive ketones (excluding diaryl/α,β-unsaturated/α-hetero) is 1. The number of hydrogen-bond acceptors (Lipinski definition) is 10. The van der Waals surface area contributed by atoms with Crippen LogP contribution in [-0.2, 0) is 52.9 Å². The first-order valence-electron chi connectivity index (χ1n) is 16.7. The first-order chi connectivity index (χ1) is 23.6. The minimum absolute atomic E-state index is 0.00673. The lowest BCUT2D eigenvalue weighted by Gasteiger charge is -2.27. The Kier molecular flexibility index (Phi) is 14.5. The predicted octanol–water partition coefficient (Wildman–Crippen LogP) is 1.68. The number of hydrogen-bond donors (Lipinski definition) is 4. The Morgan fingerprint density at radius 2 is 1.48 bits per heavy atom. The van der Waals surface area contributed by atoms with Gasteiger partial charge in [0.1, 0.15) is 17.7 Å². The van der Waals surface area contributed by atoms with Crippen LogP contribution < -0.4 is 21.3 Å². The van der Waals surface area contributed by atoms with Crippen molar-refractivity contribution in [1.29, 1.82) is 0 Å². The van der Waals surface area contributed by atoms with Gasteiger partial charge in [0, 0.05) is 26.6 Å². The van der Waals surface area contributed by atoms with Gasteiger partial charge in [-0.1, -0.05) is 63.2 Å². The van der Waals surface area contributed by atoms with E-state index in [4.69, 9.17) is 14.0 Å². The molecule has 2 aromatic rings. The summed E-state index contributed by atoms with van der Waals surface area (Å²) in [6.45, 7) is 9.08. The van der Waals surface area contributed by atoms with Crippen molar-refractivity contribution in [1.82, 2.24) is 31.3 Å². The van der Waals surface area contributed by atoms with E-state index in [1.54, 1.807) is 6.92 Å². The van der Waals surface area contributed by atoms with Crippen molar-refractivity contribution in [2.75, 3.05) is 27.2 Å². The zero-order chi connectivity index (χ0) is 37.0. The summed E-state index contributed by atoms with van der Waals surface area (Å²) < 4.78 is 15.5. The molecule has 15 nitrogen and oxygen atoms in total. The summed E-state index contributed by atoms with van der Waals surface area (Å²) in [6, 6.07) is 7.75. The second-order valence-electron chi connectivity index (χ2n) is 13.8. The highest BCUT2D eigenvalue weighted by Crippen LogP contribution is 2.29. The number of ether oxygens (including phenoxy) is 2. The van der Waals surface area contributed by atoms with Crippen LogP contribution >= 0.6 is 0 Å². The van der Waals surface area contributed by atoms with Crippen molar-refractivity contribution in [2.24, 2.45) is 11.8 Å². The monoisotopic (exact) mass is 698 g/mol. The van der Waals surface area contributed by atoms with Gasteiger partial charge in [0.05, 0.1) is 31.3 Å². The molecule has 1 aliphatic rings. The Morgan fingerprint density at radius 3 is 2.08 bits per heavy atom. The van der Waals surface area contributed by atoms with Gasteiger partial charge in [-0.05, 0) is 37.2 Å². The maximum absolute atomic E-state index is 13.7. The highest BCUT2D eigenvalue weighted by Gasteiger charge is 2.50. The molecule has 274 valence electrons. The van der Waals surface area contributed by atoms with Crippen LogP contribution in [0.3, 0.4) is 0 Å². The van der Waals surface area contributed by atoms with E-state index in [1.807, 2.05) is 58.0 Å². The lowest BCUT2D eigenvalue weighted by atomic mass is 9.93. The smallest absolute Gasteiger partial charge is 0.409 e. The Hall–Kier alpha value is -4.79. The number of amides is 5. The number of aromatic nitrogens is 1. The molecular weight excluding hydrogens is 648 g/mol. The molecule has 5 amide bonds. The van der Waals surface area contributed by atoms with Gasteiger partial charge >= 0.3 is 6.09 Å². The van der Waals surface area contributed by atoms with Gasteiger partial charge in [-0.25, -0.2) is 4.79 Å². The summed E-state index contributed by atoms with van der Waals surface area (Å²) in [6.07, 6.45) is 0.0459. The van der Waals surface area contributed by atoms with Gasteiger partial charge < -0.3 is 40.2 Å². The maximum Gasteiger partial charge on any atom is 0.409 e. The lowest BCUT2D eigenvalue weighted by molar-refractivity contribution is -0.134. The summed E-state index contributed by atoms with van der Waals surface area (Å²) in [4.78, 5) is 78.9. The molecule has 1 saturated heterocycles. The summed E-state index contributed by atoms with van der Waals surface area (Å²) >= 11 is 0. The topological polar surface area (TPSA) is 202 Å². The SMILES string of the molecule is CC(C)CC(NC(=O)CNC(=O)Cc1cc(COC(=O)N(C)C)on1)C(=O)NC(Cc1ccccc1)C(=O)NC(CC(C)C)C(=O)C1(C)CO1. The average molecular weight is 699 g/mol. The molecule has 0 aliphatic carbocycles. The molecule has 2 heterocycles. The van der Waals surface area contributed by atoms with E-state index in [0.29, 0.717) is 6.42 Å². The molecule has 0 radical (unpaired) electrons. The van der Waals surface area contributed by atoms with Gasteiger partial charge in [0.15, 0.2) is 18.2 Å². The van der Waals surface area contributed by atoms with Crippen molar-refractivity contribution in [3.63, 3.8) is 0 Å². The number of rotatable bonds is 19. The molecule has 0 bridgehead atoms. The Labute approximate surface area is 292 Å². The minimum Gasteiger partial charge on any atom is -0.441 e. The fourth-order valence-corrected chi connectivity index (χ4v) is 5.05. The molecular formula is C35H50N6O9.